The molecule has 4 aromatic rings. The van der Waals surface area contributed by atoms with Crippen LogP contribution in [0.3, 0.4) is 0 Å². The lowest BCUT2D eigenvalue weighted by Crippen LogP contribution is -2.56. The SMILES string of the molecule is C=CC1CC1(NC(=O)[C@@H](C)C[C@H](CNC(=O)C(NC(=O)OC(C)(C)C)C(C)(C)C)Oc1nc(-c2ccccc2)nc2ccccc12)C(=O)NS(=O)(=O)C1(Cc2ccccc2)CC1. The van der Waals surface area contributed by atoms with E-state index >= 15 is 0 Å². The predicted octanol–water partition coefficient (Wildman–Crippen LogP) is 6.41. The van der Waals surface area contributed by atoms with Crippen molar-refractivity contribution < 1.29 is 37.1 Å². The van der Waals surface area contributed by atoms with Crippen LogP contribution in [0.5, 0.6) is 5.88 Å². The highest BCUT2D eigenvalue weighted by Gasteiger charge is 2.63. The molecule has 1 heterocycles. The molecule has 0 saturated heterocycles. The van der Waals surface area contributed by atoms with Crippen LogP contribution in [0, 0.1) is 17.3 Å². The van der Waals surface area contributed by atoms with Crippen molar-refractivity contribution in [2.45, 2.75) is 109 Å². The van der Waals surface area contributed by atoms with Gasteiger partial charge in [0, 0.05) is 17.4 Å². The summed E-state index contributed by atoms with van der Waals surface area (Å²) in [6.07, 6.45) is 1.19. The summed E-state index contributed by atoms with van der Waals surface area (Å²) in [7, 11) is -4.11. The second kappa shape index (κ2) is 17.9. The molecule has 330 valence electrons. The highest BCUT2D eigenvalue weighted by molar-refractivity contribution is 7.91. The van der Waals surface area contributed by atoms with Crippen LogP contribution >= 0.6 is 0 Å². The van der Waals surface area contributed by atoms with Crippen molar-refractivity contribution in [2.75, 3.05) is 6.54 Å². The van der Waals surface area contributed by atoms with Gasteiger partial charge < -0.3 is 25.4 Å². The third-order valence-electron chi connectivity index (χ3n) is 11.3. The van der Waals surface area contributed by atoms with E-state index < -0.39 is 79.1 Å². The topological polar surface area (TPSA) is 195 Å². The largest absolute Gasteiger partial charge is 0.472 e. The van der Waals surface area contributed by atoms with Crippen molar-refractivity contribution in [1.82, 2.24) is 30.6 Å². The van der Waals surface area contributed by atoms with E-state index in [9.17, 15) is 27.6 Å². The lowest BCUT2D eigenvalue weighted by Gasteiger charge is -2.32. The molecule has 4 N–H and O–H groups in total. The first-order valence-corrected chi connectivity index (χ1v) is 22.4. The van der Waals surface area contributed by atoms with Crippen LogP contribution in [0.2, 0.25) is 0 Å². The standard InChI is InChI=1S/C47H58N6O8S/c1-9-33-28-47(33,42(56)53-62(58,59)46(24-25-46)27-31-18-12-10-13-19-31)52-39(54)30(2)26-34(29-48-40(55)37(44(3,4)5)50-43(57)61-45(6,7)8)60-41-35-22-16-17-23-36(35)49-38(51-41)32-20-14-11-15-21-32/h9-23,30,33-34,37H,1,24-29H2,2-8H3,(H,48,55)(H,50,57)(H,52,54)(H,53,56)/t30-,33?,34+,37?,47?/m0/s1. The van der Waals surface area contributed by atoms with Crippen LogP contribution in [0.4, 0.5) is 4.79 Å². The molecule has 0 bridgehead atoms. The van der Waals surface area contributed by atoms with E-state index in [1.54, 1.807) is 27.7 Å². The monoisotopic (exact) mass is 866 g/mol. The molecule has 3 unspecified atom stereocenters. The molecule has 2 fully saturated rings. The number of benzene rings is 3. The maximum atomic E-state index is 14.1. The molecular formula is C47H58N6O8S. The number of nitrogens with one attached hydrogen (secondary N) is 4. The first-order chi connectivity index (χ1) is 29.1. The highest BCUT2D eigenvalue weighted by Crippen LogP contribution is 2.48. The number of amides is 4. The quantitative estimate of drug-likeness (QED) is 0.0862. The first kappa shape index (κ1) is 45.7. The van der Waals surface area contributed by atoms with Crippen molar-refractivity contribution in [3.05, 3.63) is 103 Å². The van der Waals surface area contributed by atoms with Gasteiger partial charge in [0.1, 0.15) is 23.3 Å². The van der Waals surface area contributed by atoms with Gasteiger partial charge in [-0.2, -0.15) is 4.98 Å². The molecule has 5 atom stereocenters. The summed E-state index contributed by atoms with van der Waals surface area (Å²) >= 11 is 0. The number of ether oxygens (including phenoxy) is 2. The van der Waals surface area contributed by atoms with Gasteiger partial charge in [-0.15, -0.1) is 6.58 Å². The number of sulfonamides is 1. The number of fused-ring (bicyclic) bond motifs is 1. The number of nitrogens with zero attached hydrogens (tertiary/aromatic N) is 2. The van der Waals surface area contributed by atoms with Crippen LogP contribution in [-0.2, 0) is 35.6 Å². The molecule has 2 saturated carbocycles. The minimum absolute atomic E-state index is 0.0275. The van der Waals surface area contributed by atoms with Crippen LogP contribution in [0.1, 0.15) is 79.7 Å². The summed E-state index contributed by atoms with van der Waals surface area (Å²) in [6.45, 7) is 16.0. The van der Waals surface area contributed by atoms with Crippen LogP contribution in [0.15, 0.2) is 97.6 Å². The molecule has 15 heteroatoms. The average molecular weight is 867 g/mol. The Morgan fingerprint density at radius 2 is 1.52 bits per heavy atom. The van der Waals surface area contributed by atoms with Crippen LogP contribution in [-0.4, -0.2) is 76.8 Å². The molecule has 14 nitrogen and oxygen atoms in total. The molecule has 0 radical (unpaired) electrons. The van der Waals surface area contributed by atoms with Crippen molar-refractivity contribution in [3.8, 4) is 17.3 Å². The van der Waals surface area contributed by atoms with Gasteiger partial charge in [0.25, 0.3) is 5.91 Å². The van der Waals surface area contributed by atoms with Crippen LogP contribution < -0.4 is 25.4 Å². The third kappa shape index (κ3) is 10.8. The number of hydrogen-bond donors (Lipinski definition) is 4. The van der Waals surface area contributed by atoms with Crippen molar-refractivity contribution in [2.24, 2.45) is 17.3 Å². The van der Waals surface area contributed by atoms with Gasteiger partial charge in [-0.25, -0.2) is 18.2 Å². The number of carbonyl (C=O) groups is 4. The Balaban J connectivity index is 1.23. The lowest BCUT2D eigenvalue weighted by atomic mass is 9.86. The number of para-hydroxylation sites is 1. The Morgan fingerprint density at radius 3 is 2.11 bits per heavy atom. The summed E-state index contributed by atoms with van der Waals surface area (Å²) in [4.78, 5) is 64.4. The van der Waals surface area contributed by atoms with Crippen molar-refractivity contribution in [3.63, 3.8) is 0 Å². The van der Waals surface area contributed by atoms with Gasteiger partial charge in [0.05, 0.1) is 22.2 Å². The molecule has 3 aromatic carbocycles. The lowest BCUT2D eigenvalue weighted by molar-refractivity contribution is -0.131. The van der Waals surface area contributed by atoms with E-state index in [-0.39, 0.29) is 31.7 Å². The Morgan fingerprint density at radius 1 is 0.887 bits per heavy atom. The molecule has 0 aliphatic heterocycles. The second-order valence-electron chi connectivity index (χ2n) is 18.6. The molecule has 4 amide bonds. The second-order valence-corrected chi connectivity index (χ2v) is 20.7. The summed E-state index contributed by atoms with van der Waals surface area (Å²) in [5, 5.41) is 9.09. The van der Waals surface area contributed by atoms with E-state index in [2.05, 4.69) is 27.3 Å². The smallest absolute Gasteiger partial charge is 0.408 e. The summed E-state index contributed by atoms with van der Waals surface area (Å²) in [5.41, 5.74) is -0.827. The van der Waals surface area contributed by atoms with Crippen LogP contribution in [0.25, 0.3) is 22.3 Å². The molecule has 1 aromatic heterocycles. The van der Waals surface area contributed by atoms with E-state index in [1.165, 1.54) is 6.08 Å². The Kier molecular flexibility index (Phi) is 13.2. The van der Waals surface area contributed by atoms with Gasteiger partial charge in [-0.3, -0.25) is 19.1 Å². The fourth-order valence-electron chi connectivity index (χ4n) is 7.45. The molecule has 6 rings (SSSR count). The Hall–Kier alpha value is -5.83. The number of carbonyl (C=O) groups excluding carboxylic acids is 4. The summed E-state index contributed by atoms with van der Waals surface area (Å²) in [5.74, 6) is -2.53. The van der Waals surface area contributed by atoms with E-state index in [0.29, 0.717) is 29.6 Å². The van der Waals surface area contributed by atoms with Gasteiger partial charge >= 0.3 is 6.09 Å². The zero-order valence-corrected chi connectivity index (χ0v) is 37.3. The number of hydrogen-bond acceptors (Lipinski definition) is 10. The maximum Gasteiger partial charge on any atom is 0.408 e. The van der Waals surface area contributed by atoms with Gasteiger partial charge in [0.15, 0.2) is 5.82 Å². The molecule has 0 spiro atoms. The minimum atomic E-state index is -4.11. The Bertz CT molecular complexity index is 2410. The number of alkyl carbamates (subject to hydrolysis) is 1. The summed E-state index contributed by atoms with van der Waals surface area (Å²) < 4.78 is 40.8. The van der Waals surface area contributed by atoms with E-state index in [4.69, 9.17) is 19.4 Å². The van der Waals surface area contributed by atoms with Gasteiger partial charge in [-0.05, 0) is 76.0 Å². The third-order valence-corrected chi connectivity index (χ3v) is 13.4. The molecule has 2 aliphatic rings. The Labute approximate surface area is 364 Å². The zero-order chi connectivity index (χ0) is 45.1. The molecule has 62 heavy (non-hydrogen) atoms. The van der Waals surface area contributed by atoms with Gasteiger partial charge in [0.2, 0.25) is 27.7 Å². The maximum absolute atomic E-state index is 14.1. The molecular weight excluding hydrogens is 809 g/mol. The molecule has 2 aliphatic carbocycles. The number of rotatable bonds is 17. The zero-order valence-electron chi connectivity index (χ0n) is 36.5. The fraction of sp³-hybridized carbons (Fsp3) is 0.447. The average Bonchev–Trinajstić information content (AvgIpc) is 4.15. The summed E-state index contributed by atoms with van der Waals surface area (Å²) in [6, 6.07) is 25.0. The highest BCUT2D eigenvalue weighted by atomic mass is 32.2. The van der Waals surface area contributed by atoms with Crippen molar-refractivity contribution >= 4 is 44.7 Å². The normalized spacial score (nSPS) is 19.5. The van der Waals surface area contributed by atoms with Crippen molar-refractivity contribution in [1.29, 1.82) is 0 Å². The fourth-order valence-corrected chi connectivity index (χ4v) is 9.09. The minimum Gasteiger partial charge on any atom is -0.472 e. The van der Waals surface area contributed by atoms with Gasteiger partial charge in [-0.1, -0.05) is 107 Å². The van der Waals surface area contributed by atoms with E-state index in [1.807, 2.05) is 106 Å². The first-order valence-electron chi connectivity index (χ1n) is 21.0. The predicted molar refractivity (Wildman–Crippen MR) is 237 cm³/mol. The number of aromatic nitrogens is 2. The van der Waals surface area contributed by atoms with E-state index in [0.717, 1.165) is 11.1 Å².